The predicted octanol–water partition coefficient (Wildman–Crippen LogP) is 5.16. The molecule has 0 saturated heterocycles. The first kappa shape index (κ1) is 20.8. The van der Waals surface area contributed by atoms with Gasteiger partial charge in [-0.3, -0.25) is 4.79 Å². The molecule has 0 aliphatic heterocycles. The van der Waals surface area contributed by atoms with Gasteiger partial charge in [0.15, 0.2) is 6.61 Å². The lowest BCUT2D eigenvalue weighted by atomic mass is 9.87. The minimum atomic E-state index is -0.159. The summed E-state index contributed by atoms with van der Waals surface area (Å²) in [6.07, 6.45) is 0. The lowest BCUT2D eigenvalue weighted by molar-refractivity contribution is -0.118. The predicted molar refractivity (Wildman–Crippen MR) is 114 cm³/mol. The summed E-state index contributed by atoms with van der Waals surface area (Å²) in [5.74, 6) is 0.542. The highest BCUT2D eigenvalue weighted by Crippen LogP contribution is 2.25. The molecule has 0 unspecified atom stereocenters. The van der Waals surface area contributed by atoms with Crippen LogP contribution in [0.15, 0.2) is 42.5 Å². The maximum Gasteiger partial charge on any atom is 0.262 e. The van der Waals surface area contributed by atoms with Crippen LogP contribution in [-0.2, 0) is 10.2 Å². The summed E-state index contributed by atoms with van der Waals surface area (Å²) in [5.41, 5.74) is 4.38. The molecule has 4 heteroatoms. The van der Waals surface area contributed by atoms with Gasteiger partial charge in [0.2, 0.25) is 0 Å². The third kappa shape index (κ3) is 5.75. The summed E-state index contributed by atoms with van der Waals surface area (Å²) < 4.78 is 5.62. The molecule has 0 atom stereocenters. The van der Waals surface area contributed by atoms with Gasteiger partial charge in [-0.2, -0.15) is 0 Å². The van der Waals surface area contributed by atoms with E-state index in [0.717, 1.165) is 24.3 Å². The van der Waals surface area contributed by atoms with Crippen LogP contribution >= 0.6 is 0 Å². The van der Waals surface area contributed by atoms with E-state index in [4.69, 9.17) is 4.74 Å². The van der Waals surface area contributed by atoms with Crippen LogP contribution < -0.4 is 15.0 Å². The average molecular weight is 369 g/mol. The van der Waals surface area contributed by atoms with Crippen molar-refractivity contribution in [3.8, 4) is 5.75 Å². The minimum Gasteiger partial charge on any atom is -0.484 e. The smallest absolute Gasteiger partial charge is 0.262 e. The van der Waals surface area contributed by atoms with Gasteiger partial charge in [0.05, 0.1) is 0 Å². The normalized spacial score (nSPS) is 11.2. The van der Waals surface area contributed by atoms with Gasteiger partial charge in [-0.05, 0) is 67.6 Å². The van der Waals surface area contributed by atoms with Crippen LogP contribution in [0.5, 0.6) is 5.75 Å². The Morgan fingerprint density at radius 1 is 1.04 bits per heavy atom. The highest BCUT2D eigenvalue weighted by molar-refractivity contribution is 5.92. The molecule has 0 heterocycles. The lowest BCUT2D eigenvalue weighted by Gasteiger charge is -2.22. The zero-order valence-electron chi connectivity index (χ0n) is 17.4. The molecule has 1 N–H and O–H groups in total. The third-order valence-corrected chi connectivity index (χ3v) is 4.70. The van der Waals surface area contributed by atoms with E-state index >= 15 is 0 Å². The van der Waals surface area contributed by atoms with Crippen molar-refractivity contribution in [2.45, 2.75) is 47.0 Å². The molecule has 0 aliphatic carbocycles. The first-order valence-corrected chi connectivity index (χ1v) is 9.63. The topological polar surface area (TPSA) is 41.6 Å². The number of ether oxygens (including phenoxy) is 1. The molecule has 2 aromatic rings. The Morgan fingerprint density at radius 3 is 2.19 bits per heavy atom. The molecule has 27 heavy (non-hydrogen) atoms. The molecule has 2 aromatic carbocycles. The van der Waals surface area contributed by atoms with Crippen LogP contribution in [0.4, 0.5) is 11.4 Å². The SMILES string of the molecule is CCN(CC)c1ccc(NC(=O)COc2ccc(C(C)(C)C)cc2)c(C)c1. The molecule has 0 aliphatic rings. The number of carbonyl (C=O) groups excluding carboxylic acids is 1. The standard InChI is InChI=1S/C23H32N2O2/c1-7-25(8-2)19-11-14-21(17(3)15-19)24-22(26)16-27-20-12-9-18(10-13-20)23(4,5)6/h9-15H,7-8,16H2,1-6H3,(H,24,26). The lowest BCUT2D eigenvalue weighted by Crippen LogP contribution is -2.23. The van der Waals surface area contributed by atoms with E-state index in [1.165, 1.54) is 11.3 Å². The van der Waals surface area contributed by atoms with Gasteiger partial charge in [0, 0.05) is 24.5 Å². The van der Waals surface area contributed by atoms with Crippen LogP contribution in [0.1, 0.15) is 45.7 Å². The molecule has 0 spiro atoms. The second-order valence-electron chi connectivity index (χ2n) is 7.78. The number of nitrogens with one attached hydrogen (secondary N) is 1. The Balaban J connectivity index is 1.94. The molecule has 146 valence electrons. The number of carbonyl (C=O) groups is 1. The van der Waals surface area contributed by atoms with Crippen LogP contribution in [0, 0.1) is 6.92 Å². The maximum atomic E-state index is 12.2. The van der Waals surface area contributed by atoms with E-state index in [9.17, 15) is 4.79 Å². The van der Waals surface area contributed by atoms with E-state index in [0.29, 0.717) is 5.75 Å². The van der Waals surface area contributed by atoms with E-state index in [1.807, 2.05) is 43.3 Å². The number of aryl methyl sites for hydroxylation is 1. The fraction of sp³-hybridized carbons (Fsp3) is 0.435. The van der Waals surface area contributed by atoms with Gasteiger partial charge in [-0.25, -0.2) is 0 Å². The van der Waals surface area contributed by atoms with Crippen molar-refractivity contribution in [2.24, 2.45) is 0 Å². The highest BCUT2D eigenvalue weighted by atomic mass is 16.5. The highest BCUT2D eigenvalue weighted by Gasteiger charge is 2.13. The number of hydrogen-bond acceptors (Lipinski definition) is 3. The van der Waals surface area contributed by atoms with Crippen LogP contribution in [-0.4, -0.2) is 25.6 Å². The number of amides is 1. The van der Waals surface area contributed by atoms with E-state index in [1.54, 1.807) is 0 Å². The van der Waals surface area contributed by atoms with Crippen molar-refractivity contribution >= 4 is 17.3 Å². The first-order chi connectivity index (χ1) is 12.7. The van der Waals surface area contributed by atoms with E-state index in [-0.39, 0.29) is 17.9 Å². The van der Waals surface area contributed by atoms with Crippen molar-refractivity contribution in [3.63, 3.8) is 0 Å². The van der Waals surface area contributed by atoms with Crippen molar-refractivity contribution in [1.29, 1.82) is 0 Å². The number of hydrogen-bond donors (Lipinski definition) is 1. The third-order valence-electron chi connectivity index (χ3n) is 4.70. The summed E-state index contributed by atoms with van der Waals surface area (Å²) in [5, 5.41) is 2.94. The van der Waals surface area contributed by atoms with Gasteiger partial charge in [-0.15, -0.1) is 0 Å². The summed E-state index contributed by atoms with van der Waals surface area (Å²) in [6.45, 7) is 14.7. The fourth-order valence-electron chi connectivity index (χ4n) is 2.96. The number of rotatable bonds is 7. The van der Waals surface area contributed by atoms with Crippen molar-refractivity contribution in [2.75, 3.05) is 29.9 Å². The monoisotopic (exact) mass is 368 g/mol. The van der Waals surface area contributed by atoms with Crippen LogP contribution in [0.25, 0.3) is 0 Å². The number of anilines is 2. The fourth-order valence-corrected chi connectivity index (χ4v) is 2.96. The zero-order chi connectivity index (χ0) is 20.0. The molecule has 1 amide bonds. The van der Waals surface area contributed by atoms with Crippen LogP contribution in [0.3, 0.4) is 0 Å². The molecule has 0 saturated carbocycles. The Hall–Kier alpha value is -2.49. The van der Waals surface area contributed by atoms with Crippen molar-refractivity contribution < 1.29 is 9.53 Å². The minimum absolute atomic E-state index is 0.00784. The van der Waals surface area contributed by atoms with Crippen LogP contribution in [0.2, 0.25) is 0 Å². The molecule has 0 radical (unpaired) electrons. The second kappa shape index (κ2) is 8.94. The van der Waals surface area contributed by atoms with E-state index < -0.39 is 0 Å². The number of benzene rings is 2. The Bertz CT molecular complexity index is 757. The molecule has 0 aromatic heterocycles. The average Bonchev–Trinajstić information content (AvgIpc) is 2.63. The zero-order valence-corrected chi connectivity index (χ0v) is 17.4. The summed E-state index contributed by atoms with van der Waals surface area (Å²) in [6, 6.07) is 14.0. The summed E-state index contributed by atoms with van der Waals surface area (Å²) in [4.78, 5) is 14.5. The molecule has 0 fully saturated rings. The summed E-state index contributed by atoms with van der Waals surface area (Å²) >= 11 is 0. The van der Waals surface area contributed by atoms with Gasteiger partial charge in [-0.1, -0.05) is 32.9 Å². The Kier molecular flexibility index (Phi) is 6.89. The maximum absolute atomic E-state index is 12.2. The second-order valence-corrected chi connectivity index (χ2v) is 7.78. The Morgan fingerprint density at radius 2 is 1.67 bits per heavy atom. The van der Waals surface area contributed by atoms with Gasteiger partial charge in [0.25, 0.3) is 5.91 Å². The van der Waals surface area contributed by atoms with Gasteiger partial charge in [0.1, 0.15) is 5.75 Å². The van der Waals surface area contributed by atoms with E-state index in [2.05, 4.69) is 50.9 Å². The first-order valence-electron chi connectivity index (χ1n) is 9.63. The van der Waals surface area contributed by atoms with Gasteiger partial charge < -0.3 is 15.0 Å². The molecule has 2 rings (SSSR count). The van der Waals surface area contributed by atoms with Gasteiger partial charge >= 0.3 is 0 Å². The van der Waals surface area contributed by atoms with Crippen molar-refractivity contribution in [1.82, 2.24) is 0 Å². The van der Waals surface area contributed by atoms with Crippen molar-refractivity contribution in [3.05, 3.63) is 53.6 Å². The number of nitrogens with zero attached hydrogens (tertiary/aromatic N) is 1. The summed E-state index contributed by atoms with van der Waals surface area (Å²) in [7, 11) is 0. The molecule has 4 nitrogen and oxygen atoms in total. The molecular weight excluding hydrogens is 336 g/mol. The quantitative estimate of drug-likeness (QED) is 0.734. The largest absolute Gasteiger partial charge is 0.484 e. The molecular formula is C23H32N2O2. The Labute approximate surface area is 163 Å². The molecule has 0 bridgehead atoms.